The van der Waals surface area contributed by atoms with Crippen molar-refractivity contribution in [2.45, 2.75) is 116 Å². The molecule has 50 heavy (non-hydrogen) atoms. The number of hydrogen-bond donors (Lipinski definition) is 12. The average molecular weight is 717 g/mol. The summed E-state index contributed by atoms with van der Waals surface area (Å²) in [6, 6.07) is -9.40. The van der Waals surface area contributed by atoms with Gasteiger partial charge in [0.25, 0.3) is 0 Å². The normalized spacial score (nSPS) is 15.7. The summed E-state index contributed by atoms with van der Waals surface area (Å²) in [5.41, 5.74) is 16.2. The fourth-order valence-electron chi connectivity index (χ4n) is 4.15. The van der Waals surface area contributed by atoms with Crippen LogP contribution in [0.4, 0.5) is 0 Å². The van der Waals surface area contributed by atoms with E-state index < -0.39 is 102 Å². The molecule has 6 amide bonds. The van der Waals surface area contributed by atoms with Crippen LogP contribution < -0.4 is 49.1 Å². The van der Waals surface area contributed by atoms with Crippen molar-refractivity contribution in [1.82, 2.24) is 31.9 Å². The first-order valence-corrected chi connectivity index (χ1v) is 15.8. The summed E-state index contributed by atoms with van der Waals surface area (Å²) in [5, 5.41) is 42.5. The number of carbonyl (C=O) groups is 8. The van der Waals surface area contributed by atoms with Crippen molar-refractivity contribution >= 4 is 53.3 Å². The van der Waals surface area contributed by atoms with Gasteiger partial charge in [0.05, 0.1) is 18.6 Å². The molecule has 0 rings (SSSR count). The smallest absolute Gasteiger partial charge is 0.326 e. The van der Waals surface area contributed by atoms with Crippen molar-refractivity contribution < 1.29 is 53.7 Å². The highest BCUT2D eigenvalue weighted by Gasteiger charge is 2.34. The molecule has 0 aliphatic heterocycles. The number of rotatable bonds is 22. The lowest BCUT2D eigenvalue weighted by Gasteiger charge is -2.28. The highest BCUT2D eigenvalue weighted by molar-refractivity contribution is 5.97. The van der Waals surface area contributed by atoms with E-state index in [1.54, 1.807) is 13.8 Å². The van der Waals surface area contributed by atoms with Gasteiger partial charge in [0.2, 0.25) is 35.4 Å². The number of guanidine groups is 1. The number of aliphatic imine (C=N–C) groups is 1. The minimum atomic E-state index is -1.76. The van der Waals surface area contributed by atoms with Crippen molar-refractivity contribution in [3.63, 3.8) is 0 Å². The van der Waals surface area contributed by atoms with Gasteiger partial charge in [-0.25, -0.2) is 4.79 Å². The van der Waals surface area contributed by atoms with E-state index in [9.17, 15) is 48.6 Å². The standard InChI is InChI=1S/C29H52N10O11/c1-12(2)10-18(26(47)35-14(4)23(44)38-19(28(49)50)11-20(41)42)37-25(46)17(8-7-9-33-29(31)32)36-27(48)21(16(6)40)39-24(45)15(5)34-22(43)13(3)30/h12-19,21,40H,7-11,30H2,1-6H3,(H,34,43)(H,35,47)(H,36,48)(H,37,46)(H,38,44)(H,39,45)(H,41,42)(H,49,50)(H4,31,32,33)/t13-,14-,15-,16+,17-,18-,19-,21-/m0/s1. The molecule has 21 nitrogen and oxygen atoms in total. The number of hydrogen-bond acceptors (Lipinski definition) is 11. The summed E-state index contributed by atoms with van der Waals surface area (Å²) in [7, 11) is 0. The van der Waals surface area contributed by atoms with Crippen LogP contribution in [-0.4, -0.2) is 124 Å². The summed E-state index contributed by atoms with van der Waals surface area (Å²) in [6.45, 7) is 8.71. The minimum absolute atomic E-state index is 0.0503. The monoisotopic (exact) mass is 716 g/mol. The first kappa shape index (κ1) is 44.9. The molecular weight excluding hydrogens is 664 g/mol. The number of carbonyl (C=O) groups excluding carboxylic acids is 6. The molecule has 0 spiro atoms. The van der Waals surface area contributed by atoms with Crippen LogP contribution in [0.25, 0.3) is 0 Å². The Morgan fingerprint density at radius 3 is 1.58 bits per heavy atom. The second-order valence-electron chi connectivity index (χ2n) is 12.2. The van der Waals surface area contributed by atoms with Gasteiger partial charge in [0, 0.05) is 6.54 Å². The molecule has 284 valence electrons. The Morgan fingerprint density at radius 2 is 1.12 bits per heavy atom. The van der Waals surface area contributed by atoms with Crippen LogP contribution in [0.2, 0.25) is 0 Å². The van der Waals surface area contributed by atoms with Crippen LogP contribution in [0, 0.1) is 5.92 Å². The number of carboxylic acids is 2. The fourth-order valence-corrected chi connectivity index (χ4v) is 4.15. The third kappa shape index (κ3) is 17.4. The Bertz CT molecular complexity index is 1250. The largest absolute Gasteiger partial charge is 0.481 e. The molecule has 0 saturated heterocycles. The second-order valence-corrected chi connectivity index (χ2v) is 12.2. The van der Waals surface area contributed by atoms with E-state index >= 15 is 0 Å². The van der Waals surface area contributed by atoms with Gasteiger partial charge in [-0.15, -0.1) is 0 Å². The Labute approximate surface area is 289 Å². The number of amides is 6. The molecule has 0 saturated carbocycles. The third-order valence-electron chi connectivity index (χ3n) is 6.89. The molecule has 0 unspecified atom stereocenters. The Balaban J connectivity index is 6.03. The summed E-state index contributed by atoms with van der Waals surface area (Å²) >= 11 is 0. The number of aliphatic hydroxyl groups excluding tert-OH is 1. The van der Waals surface area contributed by atoms with E-state index in [-0.39, 0.29) is 37.7 Å². The number of carboxylic acid groups (broad SMARTS) is 2. The molecule has 0 radical (unpaired) electrons. The highest BCUT2D eigenvalue weighted by Crippen LogP contribution is 2.09. The molecule has 0 fully saturated rings. The number of aliphatic carboxylic acids is 2. The van der Waals surface area contributed by atoms with E-state index in [1.807, 2.05) is 5.32 Å². The molecule has 0 aromatic heterocycles. The number of nitrogens with one attached hydrogen (secondary N) is 6. The first-order chi connectivity index (χ1) is 23.1. The predicted molar refractivity (Wildman–Crippen MR) is 178 cm³/mol. The van der Waals surface area contributed by atoms with Gasteiger partial charge in [0.15, 0.2) is 5.96 Å². The maximum absolute atomic E-state index is 13.6. The molecule has 21 heteroatoms. The lowest BCUT2D eigenvalue weighted by molar-refractivity contribution is -0.147. The summed E-state index contributed by atoms with van der Waals surface area (Å²) < 4.78 is 0. The van der Waals surface area contributed by atoms with E-state index in [4.69, 9.17) is 22.3 Å². The summed E-state index contributed by atoms with van der Waals surface area (Å²) in [4.78, 5) is 103. The maximum atomic E-state index is 13.6. The van der Waals surface area contributed by atoms with Crippen LogP contribution in [0.15, 0.2) is 4.99 Å². The van der Waals surface area contributed by atoms with Crippen LogP contribution >= 0.6 is 0 Å². The van der Waals surface area contributed by atoms with Gasteiger partial charge >= 0.3 is 11.9 Å². The lowest BCUT2D eigenvalue weighted by atomic mass is 10.0. The first-order valence-electron chi connectivity index (χ1n) is 15.8. The molecule has 0 aliphatic rings. The van der Waals surface area contributed by atoms with Crippen molar-refractivity contribution in [3.8, 4) is 0 Å². The second kappa shape index (κ2) is 21.8. The zero-order valence-corrected chi connectivity index (χ0v) is 29.0. The fraction of sp³-hybridized carbons (Fsp3) is 0.690. The molecule has 0 aromatic rings. The summed E-state index contributed by atoms with van der Waals surface area (Å²) in [5.74, 6) is -8.63. The van der Waals surface area contributed by atoms with Crippen LogP contribution in [0.1, 0.15) is 67.2 Å². The number of nitrogens with zero attached hydrogens (tertiary/aromatic N) is 1. The lowest BCUT2D eigenvalue weighted by Crippen LogP contribution is -2.61. The van der Waals surface area contributed by atoms with Gasteiger partial charge in [-0.3, -0.25) is 38.6 Å². The topological polar surface area (TPSA) is 360 Å². The van der Waals surface area contributed by atoms with Crippen molar-refractivity contribution in [1.29, 1.82) is 0 Å². The van der Waals surface area contributed by atoms with Gasteiger partial charge in [0.1, 0.15) is 36.3 Å². The number of nitrogens with two attached hydrogens (primary N) is 3. The van der Waals surface area contributed by atoms with Crippen LogP contribution in [0.3, 0.4) is 0 Å². The van der Waals surface area contributed by atoms with Crippen LogP contribution in [-0.2, 0) is 38.4 Å². The third-order valence-corrected chi connectivity index (χ3v) is 6.89. The molecule has 8 atom stereocenters. The Hall–Kier alpha value is -5.05. The quantitative estimate of drug-likeness (QED) is 0.0285. The molecule has 0 bridgehead atoms. The van der Waals surface area contributed by atoms with E-state index in [1.165, 1.54) is 27.7 Å². The van der Waals surface area contributed by atoms with E-state index in [0.29, 0.717) is 0 Å². The Morgan fingerprint density at radius 1 is 0.640 bits per heavy atom. The molecule has 15 N–H and O–H groups in total. The number of aliphatic hydroxyl groups is 1. The molecular formula is C29H52N10O11. The van der Waals surface area contributed by atoms with Gasteiger partial charge in [-0.2, -0.15) is 0 Å². The van der Waals surface area contributed by atoms with Crippen molar-refractivity contribution in [3.05, 3.63) is 0 Å². The summed E-state index contributed by atoms with van der Waals surface area (Å²) in [6.07, 6.45) is -2.25. The Kier molecular flexibility index (Phi) is 19.6. The predicted octanol–water partition coefficient (Wildman–Crippen LogP) is -4.68. The van der Waals surface area contributed by atoms with Gasteiger partial charge in [-0.05, 0) is 52.9 Å². The van der Waals surface area contributed by atoms with Crippen LogP contribution in [0.5, 0.6) is 0 Å². The van der Waals surface area contributed by atoms with Crippen molar-refractivity contribution in [2.24, 2.45) is 28.1 Å². The maximum Gasteiger partial charge on any atom is 0.326 e. The SMILES string of the molecule is CC(C)C[C@H](NC(=O)[C@H](CCCN=C(N)N)NC(=O)[C@@H](NC(=O)[C@H](C)NC(=O)[C@H](C)N)[C@@H](C)O)C(=O)N[C@@H](C)C(=O)N[C@@H](CC(=O)O)C(=O)O. The van der Waals surface area contributed by atoms with E-state index in [2.05, 4.69) is 31.6 Å². The van der Waals surface area contributed by atoms with Gasteiger partial charge < -0.3 is 64.4 Å². The van der Waals surface area contributed by atoms with E-state index in [0.717, 1.165) is 0 Å². The van der Waals surface area contributed by atoms with Crippen molar-refractivity contribution in [2.75, 3.05) is 6.54 Å². The molecule has 0 aliphatic carbocycles. The zero-order valence-electron chi connectivity index (χ0n) is 29.0. The van der Waals surface area contributed by atoms with Gasteiger partial charge in [-0.1, -0.05) is 13.8 Å². The molecule has 0 aromatic carbocycles. The zero-order chi connectivity index (χ0) is 38.9. The minimum Gasteiger partial charge on any atom is -0.481 e. The highest BCUT2D eigenvalue weighted by atomic mass is 16.4. The molecule has 0 heterocycles. The average Bonchev–Trinajstić information content (AvgIpc) is 2.99.